The van der Waals surface area contributed by atoms with Gasteiger partial charge in [0.2, 0.25) is 0 Å². The lowest BCUT2D eigenvalue weighted by molar-refractivity contribution is 0.183. The maximum atomic E-state index is 5.28. The van der Waals surface area contributed by atoms with Gasteiger partial charge in [-0.2, -0.15) is 0 Å². The molecule has 0 spiro atoms. The highest BCUT2D eigenvalue weighted by Crippen LogP contribution is 1.95. The van der Waals surface area contributed by atoms with Crippen LogP contribution in [0.1, 0.15) is 19.8 Å². The van der Waals surface area contributed by atoms with Crippen LogP contribution in [0.25, 0.3) is 0 Å². The van der Waals surface area contributed by atoms with Crippen molar-refractivity contribution in [3.8, 4) is 11.8 Å². The summed E-state index contributed by atoms with van der Waals surface area (Å²) in [5.41, 5.74) is 2.69. The van der Waals surface area contributed by atoms with E-state index in [1.165, 1.54) is 0 Å². The van der Waals surface area contributed by atoms with E-state index in [4.69, 9.17) is 10.6 Å². The SMILES string of the molecule is CC#CCC(CCOC)NN. The van der Waals surface area contributed by atoms with Crippen LogP contribution in [0.15, 0.2) is 0 Å². The Labute approximate surface area is 68.3 Å². The lowest BCUT2D eigenvalue weighted by atomic mass is 10.1. The Morgan fingerprint density at radius 2 is 2.36 bits per heavy atom. The minimum atomic E-state index is 0.252. The Balaban J connectivity index is 3.46. The van der Waals surface area contributed by atoms with Gasteiger partial charge < -0.3 is 4.74 Å². The maximum absolute atomic E-state index is 5.28. The lowest BCUT2D eigenvalue weighted by Gasteiger charge is -2.10. The van der Waals surface area contributed by atoms with Crippen molar-refractivity contribution in [2.24, 2.45) is 5.84 Å². The van der Waals surface area contributed by atoms with Gasteiger partial charge in [-0.25, -0.2) is 0 Å². The molecule has 0 aromatic rings. The summed E-state index contributed by atoms with van der Waals surface area (Å²) in [7, 11) is 1.68. The minimum absolute atomic E-state index is 0.252. The molecule has 1 unspecified atom stereocenters. The van der Waals surface area contributed by atoms with Crippen molar-refractivity contribution >= 4 is 0 Å². The van der Waals surface area contributed by atoms with Crippen LogP contribution in [0.5, 0.6) is 0 Å². The topological polar surface area (TPSA) is 47.3 Å². The summed E-state index contributed by atoms with van der Waals surface area (Å²) in [6.45, 7) is 2.55. The third-order valence-corrected chi connectivity index (χ3v) is 1.43. The van der Waals surface area contributed by atoms with Gasteiger partial charge in [-0.15, -0.1) is 11.8 Å². The van der Waals surface area contributed by atoms with Gasteiger partial charge in [0.1, 0.15) is 0 Å². The minimum Gasteiger partial charge on any atom is -0.385 e. The van der Waals surface area contributed by atoms with Gasteiger partial charge in [0.15, 0.2) is 0 Å². The molecule has 64 valence electrons. The van der Waals surface area contributed by atoms with Gasteiger partial charge in [-0.3, -0.25) is 11.3 Å². The molecule has 0 aliphatic rings. The van der Waals surface area contributed by atoms with Gasteiger partial charge in [0.05, 0.1) is 0 Å². The molecule has 3 nitrogen and oxygen atoms in total. The molecule has 0 heterocycles. The summed E-state index contributed by atoms with van der Waals surface area (Å²) in [4.78, 5) is 0. The van der Waals surface area contributed by atoms with Crippen LogP contribution in [0.2, 0.25) is 0 Å². The normalized spacial score (nSPS) is 11.9. The molecule has 11 heavy (non-hydrogen) atoms. The molecule has 1 atom stereocenters. The molecule has 0 amide bonds. The largest absolute Gasteiger partial charge is 0.385 e. The van der Waals surface area contributed by atoms with Gasteiger partial charge in [0, 0.05) is 26.2 Å². The fourth-order valence-corrected chi connectivity index (χ4v) is 0.730. The molecule has 0 aromatic carbocycles. The monoisotopic (exact) mass is 156 g/mol. The number of ether oxygens (including phenoxy) is 1. The molecule has 0 aliphatic heterocycles. The van der Waals surface area contributed by atoms with Crippen LogP contribution >= 0.6 is 0 Å². The zero-order valence-electron chi connectivity index (χ0n) is 7.18. The molecule has 0 aromatic heterocycles. The van der Waals surface area contributed by atoms with Gasteiger partial charge in [0.25, 0.3) is 0 Å². The summed E-state index contributed by atoms with van der Waals surface area (Å²) >= 11 is 0. The number of methoxy groups -OCH3 is 1. The number of hydrogen-bond acceptors (Lipinski definition) is 3. The standard InChI is InChI=1S/C8H16N2O/c1-3-4-5-8(10-9)6-7-11-2/h8,10H,5-7,9H2,1-2H3. The fourth-order valence-electron chi connectivity index (χ4n) is 0.730. The molecule has 0 aliphatic carbocycles. The Morgan fingerprint density at radius 3 is 2.82 bits per heavy atom. The van der Waals surface area contributed by atoms with E-state index in [1.807, 2.05) is 6.92 Å². The van der Waals surface area contributed by atoms with E-state index in [-0.39, 0.29) is 6.04 Å². The molecule has 0 saturated heterocycles. The van der Waals surface area contributed by atoms with Crippen LogP contribution in [-0.4, -0.2) is 19.8 Å². The Morgan fingerprint density at radius 1 is 1.64 bits per heavy atom. The van der Waals surface area contributed by atoms with E-state index in [2.05, 4.69) is 17.3 Å². The molecule has 0 rings (SSSR count). The third-order valence-electron chi connectivity index (χ3n) is 1.43. The highest BCUT2D eigenvalue weighted by Gasteiger charge is 2.02. The van der Waals surface area contributed by atoms with Crippen molar-refractivity contribution in [1.29, 1.82) is 0 Å². The summed E-state index contributed by atoms with van der Waals surface area (Å²) in [6.07, 6.45) is 1.69. The molecule has 0 saturated carbocycles. The first-order valence-electron chi connectivity index (χ1n) is 3.69. The van der Waals surface area contributed by atoms with Crippen LogP contribution in [0.4, 0.5) is 0 Å². The second-order valence-electron chi connectivity index (χ2n) is 2.28. The summed E-state index contributed by atoms with van der Waals surface area (Å²) in [5, 5.41) is 0. The Hall–Kier alpha value is -0.560. The number of rotatable bonds is 5. The predicted molar refractivity (Wildman–Crippen MR) is 45.7 cm³/mol. The summed E-state index contributed by atoms with van der Waals surface area (Å²) in [6, 6.07) is 0.252. The van der Waals surface area contributed by atoms with Crippen LogP contribution in [-0.2, 0) is 4.74 Å². The third kappa shape index (κ3) is 5.86. The van der Waals surface area contributed by atoms with Crippen molar-refractivity contribution in [1.82, 2.24) is 5.43 Å². The quantitative estimate of drug-likeness (QED) is 0.341. The maximum Gasteiger partial charge on any atom is 0.0477 e. The van der Waals surface area contributed by atoms with E-state index < -0.39 is 0 Å². The van der Waals surface area contributed by atoms with Crippen molar-refractivity contribution in [3.63, 3.8) is 0 Å². The summed E-state index contributed by atoms with van der Waals surface area (Å²) in [5.74, 6) is 11.1. The highest BCUT2D eigenvalue weighted by molar-refractivity contribution is 4.97. The number of hydrogen-bond donors (Lipinski definition) is 2. The molecule has 0 bridgehead atoms. The average molecular weight is 156 g/mol. The molecule has 0 fully saturated rings. The van der Waals surface area contributed by atoms with E-state index in [0.717, 1.165) is 19.4 Å². The first-order valence-corrected chi connectivity index (χ1v) is 3.69. The zero-order valence-corrected chi connectivity index (χ0v) is 7.18. The smallest absolute Gasteiger partial charge is 0.0477 e. The van der Waals surface area contributed by atoms with Crippen molar-refractivity contribution < 1.29 is 4.74 Å². The van der Waals surface area contributed by atoms with E-state index in [1.54, 1.807) is 7.11 Å². The van der Waals surface area contributed by atoms with Crippen LogP contribution < -0.4 is 11.3 Å². The second kappa shape index (κ2) is 7.55. The van der Waals surface area contributed by atoms with Crippen LogP contribution in [0, 0.1) is 11.8 Å². The highest BCUT2D eigenvalue weighted by atomic mass is 16.5. The molecule has 3 N–H and O–H groups in total. The summed E-state index contributed by atoms with van der Waals surface area (Å²) < 4.78 is 4.91. The first-order chi connectivity index (χ1) is 5.35. The zero-order chi connectivity index (χ0) is 8.53. The van der Waals surface area contributed by atoms with Gasteiger partial charge in [-0.05, 0) is 13.3 Å². The van der Waals surface area contributed by atoms with Crippen molar-refractivity contribution in [2.75, 3.05) is 13.7 Å². The lowest BCUT2D eigenvalue weighted by Crippen LogP contribution is -2.35. The Bertz CT molecular complexity index is 137. The molecular formula is C8H16N2O. The molecule has 0 radical (unpaired) electrons. The molecule has 3 heteroatoms. The van der Waals surface area contributed by atoms with E-state index in [0.29, 0.717) is 0 Å². The fraction of sp³-hybridized carbons (Fsp3) is 0.750. The second-order valence-corrected chi connectivity index (χ2v) is 2.28. The number of nitrogens with one attached hydrogen (secondary N) is 1. The Kier molecular flexibility index (Phi) is 7.16. The van der Waals surface area contributed by atoms with Gasteiger partial charge >= 0.3 is 0 Å². The van der Waals surface area contributed by atoms with E-state index in [9.17, 15) is 0 Å². The van der Waals surface area contributed by atoms with Crippen LogP contribution in [0.3, 0.4) is 0 Å². The molecular weight excluding hydrogens is 140 g/mol. The average Bonchev–Trinajstić information content (AvgIpc) is 2.05. The number of nitrogens with two attached hydrogens (primary N) is 1. The predicted octanol–water partition coefficient (Wildman–Crippen LogP) is 0.268. The number of hydrazine groups is 1. The first kappa shape index (κ1) is 10.4. The van der Waals surface area contributed by atoms with E-state index >= 15 is 0 Å². The van der Waals surface area contributed by atoms with Gasteiger partial charge in [-0.1, -0.05) is 0 Å². The van der Waals surface area contributed by atoms with Crippen molar-refractivity contribution in [3.05, 3.63) is 0 Å². The van der Waals surface area contributed by atoms with Crippen molar-refractivity contribution in [2.45, 2.75) is 25.8 Å².